The van der Waals surface area contributed by atoms with Gasteiger partial charge in [-0.05, 0) is 49.5 Å². The molecule has 3 nitrogen and oxygen atoms in total. The molecule has 1 aromatic rings. The number of likely N-dealkylation sites (tertiary alicyclic amines) is 1. The smallest absolute Gasteiger partial charge is 0.224 e. The fourth-order valence-electron chi connectivity index (χ4n) is 2.49. The molecule has 1 aliphatic rings. The zero-order valence-electron chi connectivity index (χ0n) is 12.1. The summed E-state index contributed by atoms with van der Waals surface area (Å²) in [6.45, 7) is 6.17. The lowest BCUT2D eigenvalue weighted by molar-refractivity contribution is -0.120. The lowest BCUT2D eigenvalue weighted by Crippen LogP contribution is -2.39. The van der Waals surface area contributed by atoms with Gasteiger partial charge in [-0.1, -0.05) is 19.1 Å². The molecule has 0 atom stereocenters. The second kappa shape index (κ2) is 7.39. The first-order chi connectivity index (χ1) is 9.63. The van der Waals surface area contributed by atoms with E-state index < -0.39 is 0 Å². The standard InChI is InChI=1S/C16H23FN2O/c1-13-6-9-19(10-7-13)11-8-18-16(20)12-14-2-4-15(17)5-3-14/h2-5,13H,6-12H2,1H3,(H,18,20). The Morgan fingerprint density at radius 1 is 1.30 bits per heavy atom. The fraction of sp³-hybridized carbons (Fsp3) is 0.562. The normalized spacial score (nSPS) is 17.1. The molecule has 0 spiro atoms. The van der Waals surface area contributed by atoms with Crippen molar-refractivity contribution in [3.63, 3.8) is 0 Å². The van der Waals surface area contributed by atoms with Gasteiger partial charge in [0.05, 0.1) is 6.42 Å². The van der Waals surface area contributed by atoms with Crippen molar-refractivity contribution in [3.8, 4) is 0 Å². The lowest BCUT2D eigenvalue weighted by Gasteiger charge is -2.30. The first-order valence-electron chi connectivity index (χ1n) is 7.37. The van der Waals surface area contributed by atoms with Crippen molar-refractivity contribution in [1.82, 2.24) is 10.2 Å². The summed E-state index contributed by atoms with van der Waals surface area (Å²) in [7, 11) is 0. The largest absolute Gasteiger partial charge is 0.355 e. The first-order valence-corrected chi connectivity index (χ1v) is 7.37. The summed E-state index contributed by atoms with van der Waals surface area (Å²) < 4.78 is 12.8. The number of hydrogen-bond acceptors (Lipinski definition) is 2. The average molecular weight is 278 g/mol. The molecule has 1 aliphatic heterocycles. The topological polar surface area (TPSA) is 32.3 Å². The Labute approximate surface area is 120 Å². The van der Waals surface area contributed by atoms with Gasteiger partial charge in [0.2, 0.25) is 5.91 Å². The van der Waals surface area contributed by atoms with E-state index in [0.717, 1.165) is 31.1 Å². The maximum absolute atomic E-state index is 12.8. The third-order valence-corrected chi connectivity index (χ3v) is 3.90. The number of carbonyl (C=O) groups is 1. The van der Waals surface area contributed by atoms with E-state index in [1.54, 1.807) is 12.1 Å². The third-order valence-electron chi connectivity index (χ3n) is 3.90. The van der Waals surface area contributed by atoms with Gasteiger partial charge in [0.25, 0.3) is 0 Å². The minimum atomic E-state index is -0.270. The fourth-order valence-corrected chi connectivity index (χ4v) is 2.49. The van der Waals surface area contributed by atoms with E-state index in [0.29, 0.717) is 13.0 Å². The summed E-state index contributed by atoms with van der Waals surface area (Å²) in [6.07, 6.45) is 2.82. The maximum Gasteiger partial charge on any atom is 0.224 e. The summed E-state index contributed by atoms with van der Waals surface area (Å²) in [4.78, 5) is 14.2. The molecule has 20 heavy (non-hydrogen) atoms. The van der Waals surface area contributed by atoms with Crippen LogP contribution in [0.3, 0.4) is 0 Å². The summed E-state index contributed by atoms with van der Waals surface area (Å²) in [5.41, 5.74) is 0.843. The molecule has 1 saturated heterocycles. The van der Waals surface area contributed by atoms with E-state index in [1.807, 2.05) is 0 Å². The highest BCUT2D eigenvalue weighted by Gasteiger charge is 2.15. The molecule has 1 amide bonds. The number of rotatable bonds is 5. The minimum Gasteiger partial charge on any atom is -0.355 e. The first kappa shape index (κ1) is 15.0. The van der Waals surface area contributed by atoms with Crippen LogP contribution in [0.25, 0.3) is 0 Å². The molecule has 0 aromatic heterocycles. The predicted molar refractivity (Wildman–Crippen MR) is 78.0 cm³/mol. The Bertz CT molecular complexity index is 425. The van der Waals surface area contributed by atoms with Crippen LogP contribution in [0.15, 0.2) is 24.3 Å². The van der Waals surface area contributed by atoms with Crippen molar-refractivity contribution >= 4 is 5.91 Å². The second-order valence-electron chi connectivity index (χ2n) is 5.68. The van der Waals surface area contributed by atoms with E-state index >= 15 is 0 Å². The Balaban J connectivity index is 1.64. The zero-order valence-corrected chi connectivity index (χ0v) is 12.1. The number of halogens is 1. The highest BCUT2D eigenvalue weighted by Crippen LogP contribution is 2.15. The van der Waals surface area contributed by atoms with Gasteiger partial charge in [-0.25, -0.2) is 4.39 Å². The Kier molecular flexibility index (Phi) is 5.53. The lowest BCUT2D eigenvalue weighted by atomic mass is 9.99. The van der Waals surface area contributed by atoms with E-state index in [9.17, 15) is 9.18 Å². The molecule has 1 aromatic carbocycles. The predicted octanol–water partition coefficient (Wildman–Crippen LogP) is 2.22. The molecule has 4 heteroatoms. The molecule has 0 aliphatic carbocycles. The average Bonchev–Trinajstić information content (AvgIpc) is 2.44. The number of nitrogens with zero attached hydrogens (tertiary/aromatic N) is 1. The van der Waals surface area contributed by atoms with Crippen molar-refractivity contribution in [3.05, 3.63) is 35.6 Å². The van der Waals surface area contributed by atoms with Crippen LogP contribution in [0.4, 0.5) is 4.39 Å². The third kappa shape index (κ3) is 4.93. The molecule has 1 N–H and O–H groups in total. The van der Waals surface area contributed by atoms with Gasteiger partial charge in [0, 0.05) is 13.1 Å². The number of nitrogens with one attached hydrogen (secondary N) is 1. The van der Waals surface area contributed by atoms with Gasteiger partial charge in [-0.15, -0.1) is 0 Å². The summed E-state index contributed by atoms with van der Waals surface area (Å²) in [6, 6.07) is 6.08. The minimum absolute atomic E-state index is 0.00184. The Hall–Kier alpha value is -1.42. The SMILES string of the molecule is CC1CCN(CCNC(=O)Cc2ccc(F)cc2)CC1. The number of hydrogen-bond donors (Lipinski definition) is 1. The van der Waals surface area contributed by atoms with Gasteiger partial charge < -0.3 is 10.2 Å². The van der Waals surface area contributed by atoms with Gasteiger partial charge in [-0.3, -0.25) is 4.79 Å². The molecular weight excluding hydrogens is 255 g/mol. The van der Waals surface area contributed by atoms with Crippen LogP contribution in [0, 0.1) is 11.7 Å². The molecule has 0 radical (unpaired) electrons. The van der Waals surface area contributed by atoms with Crippen LogP contribution in [-0.2, 0) is 11.2 Å². The highest BCUT2D eigenvalue weighted by atomic mass is 19.1. The van der Waals surface area contributed by atoms with E-state index in [1.165, 1.54) is 25.0 Å². The van der Waals surface area contributed by atoms with E-state index in [4.69, 9.17) is 0 Å². The molecule has 0 bridgehead atoms. The zero-order chi connectivity index (χ0) is 14.4. The molecule has 1 fully saturated rings. The number of carbonyl (C=O) groups excluding carboxylic acids is 1. The van der Waals surface area contributed by atoms with Crippen LogP contribution >= 0.6 is 0 Å². The van der Waals surface area contributed by atoms with Gasteiger partial charge in [-0.2, -0.15) is 0 Å². The molecule has 2 rings (SSSR count). The highest BCUT2D eigenvalue weighted by molar-refractivity contribution is 5.78. The molecule has 1 heterocycles. The molecule has 0 saturated carbocycles. The number of amides is 1. The van der Waals surface area contributed by atoms with Gasteiger partial charge in [0.15, 0.2) is 0 Å². The van der Waals surface area contributed by atoms with Crippen molar-refractivity contribution in [2.75, 3.05) is 26.2 Å². The summed E-state index contributed by atoms with van der Waals surface area (Å²) in [5.74, 6) is 0.565. The van der Waals surface area contributed by atoms with Gasteiger partial charge >= 0.3 is 0 Å². The number of benzene rings is 1. The van der Waals surface area contributed by atoms with Crippen LogP contribution < -0.4 is 5.32 Å². The van der Waals surface area contributed by atoms with Crippen LogP contribution in [0.1, 0.15) is 25.3 Å². The summed E-state index contributed by atoms with van der Waals surface area (Å²) >= 11 is 0. The Morgan fingerprint density at radius 2 is 1.95 bits per heavy atom. The second-order valence-corrected chi connectivity index (χ2v) is 5.68. The quantitative estimate of drug-likeness (QED) is 0.895. The maximum atomic E-state index is 12.8. The molecule has 110 valence electrons. The van der Waals surface area contributed by atoms with E-state index in [-0.39, 0.29) is 11.7 Å². The van der Waals surface area contributed by atoms with Crippen molar-refractivity contribution in [2.24, 2.45) is 5.92 Å². The van der Waals surface area contributed by atoms with E-state index in [2.05, 4.69) is 17.1 Å². The van der Waals surface area contributed by atoms with Gasteiger partial charge in [0.1, 0.15) is 5.82 Å². The Morgan fingerprint density at radius 3 is 2.60 bits per heavy atom. The van der Waals surface area contributed by atoms with Crippen molar-refractivity contribution < 1.29 is 9.18 Å². The van der Waals surface area contributed by atoms with Crippen LogP contribution in [0.5, 0.6) is 0 Å². The monoisotopic (exact) mass is 278 g/mol. The van der Waals surface area contributed by atoms with Crippen LogP contribution in [0.2, 0.25) is 0 Å². The van der Waals surface area contributed by atoms with Crippen molar-refractivity contribution in [1.29, 1.82) is 0 Å². The molecular formula is C16H23FN2O. The van der Waals surface area contributed by atoms with Crippen molar-refractivity contribution in [2.45, 2.75) is 26.2 Å². The summed E-state index contributed by atoms with van der Waals surface area (Å²) in [5, 5.41) is 2.93. The van der Waals surface area contributed by atoms with Crippen LogP contribution in [-0.4, -0.2) is 37.0 Å². The number of piperidine rings is 1. The molecule has 0 unspecified atom stereocenters.